The van der Waals surface area contributed by atoms with Crippen LogP contribution in [0, 0.1) is 3.57 Å². The Morgan fingerprint density at radius 1 is 1.00 bits per heavy atom. The maximum atomic E-state index is 5.77. The first-order valence-electron chi connectivity index (χ1n) is 5.77. The third-order valence-electron chi connectivity index (χ3n) is 2.82. The minimum Gasteiger partial charge on any atom is -0.474 e. The second-order valence-corrected chi connectivity index (χ2v) is 5.27. The van der Waals surface area contributed by atoms with E-state index in [0.29, 0.717) is 6.61 Å². The van der Waals surface area contributed by atoms with Crippen molar-refractivity contribution < 1.29 is 4.74 Å². The van der Waals surface area contributed by atoms with Crippen LogP contribution >= 0.6 is 22.6 Å². The zero-order chi connectivity index (χ0) is 12.4. The first-order chi connectivity index (χ1) is 8.83. The lowest BCUT2D eigenvalue weighted by Gasteiger charge is -2.02. The zero-order valence-corrected chi connectivity index (χ0v) is 11.8. The van der Waals surface area contributed by atoms with Crippen LogP contribution in [0.25, 0.3) is 10.9 Å². The van der Waals surface area contributed by atoms with Gasteiger partial charge in [0.1, 0.15) is 6.61 Å². The highest BCUT2D eigenvalue weighted by atomic mass is 127. The molecule has 0 saturated carbocycles. The molecule has 0 fully saturated rings. The highest BCUT2D eigenvalue weighted by Gasteiger charge is 2.04. The molecule has 1 N–H and O–H groups in total. The molecule has 3 heteroatoms. The Balaban J connectivity index is 1.81. The molecule has 1 aromatic heterocycles. The number of aromatic nitrogens is 1. The summed E-state index contributed by atoms with van der Waals surface area (Å²) < 4.78 is 7.01. The average molecular weight is 349 g/mol. The van der Waals surface area contributed by atoms with Crippen LogP contribution in [0.4, 0.5) is 0 Å². The molecular formula is C15H12INO. The molecule has 0 bridgehead atoms. The summed E-state index contributed by atoms with van der Waals surface area (Å²) >= 11 is 2.34. The van der Waals surface area contributed by atoms with E-state index in [1.165, 1.54) is 14.5 Å². The fourth-order valence-electron chi connectivity index (χ4n) is 1.91. The summed E-state index contributed by atoms with van der Waals surface area (Å²) in [6.07, 6.45) is 0. The molecule has 2 nitrogen and oxygen atoms in total. The predicted molar refractivity (Wildman–Crippen MR) is 81.8 cm³/mol. The molecule has 18 heavy (non-hydrogen) atoms. The Morgan fingerprint density at radius 3 is 2.61 bits per heavy atom. The van der Waals surface area contributed by atoms with Crippen molar-refractivity contribution in [2.75, 3.05) is 0 Å². The van der Waals surface area contributed by atoms with Crippen LogP contribution in [0.5, 0.6) is 5.88 Å². The Bertz CT molecular complexity index is 661. The molecular weight excluding hydrogens is 337 g/mol. The molecule has 1 heterocycles. The van der Waals surface area contributed by atoms with E-state index in [-0.39, 0.29) is 0 Å². The van der Waals surface area contributed by atoms with E-state index in [2.05, 4.69) is 57.9 Å². The van der Waals surface area contributed by atoms with Crippen molar-refractivity contribution in [1.29, 1.82) is 0 Å². The quantitative estimate of drug-likeness (QED) is 0.699. The number of halogens is 1. The normalized spacial score (nSPS) is 10.7. The van der Waals surface area contributed by atoms with Gasteiger partial charge < -0.3 is 9.72 Å². The third kappa shape index (κ3) is 2.36. The lowest BCUT2D eigenvalue weighted by Crippen LogP contribution is -1.94. The van der Waals surface area contributed by atoms with Crippen molar-refractivity contribution in [1.82, 2.24) is 4.98 Å². The fraction of sp³-hybridized carbons (Fsp3) is 0.0667. The first kappa shape index (κ1) is 11.6. The van der Waals surface area contributed by atoms with E-state index in [1.807, 2.05) is 24.3 Å². The number of aromatic amines is 1. The molecule has 0 aliphatic carbocycles. The van der Waals surface area contributed by atoms with Gasteiger partial charge in [0, 0.05) is 20.5 Å². The van der Waals surface area contributed by atoms with Crippen molar-refractivity contribution >= 4 is 33.5 Å². The Kier molecular flexibility index (Phi) is 3.23. The van der Waals surface area contributed by atoms with Gasteiger partial charge in [-0.3, -0.25) is 0 Å². The van der Waals surface area contributed by atoms with E-state index < -0.39 is 0 Å². The van der Waals surface area contributed by atoms with Crippen LogP contribution in [0.3, 0.4) is 0 Å². The minimum absolute atomic E-state index is 0.588. The number of ether oxygens (including phenoxy) is 1. The smallest absolute Gasteiger partial charge is 0.192 e. The lowest BCUT2D eigenvalue weighted by atomic mass is 10.2. The summed E-state index contributed by atoms with van der Waals surface area (Å²) in [6, 6.07) is 18.4. The van der Waals surface area contributed by atoms with E-state index in [1.54, 1.807) is 0 Å². The lowest BCUT2D eigenvalue weighted by molar-refractivity contribution is 0.296. The topological polar surface area (TPSA) is 25.0 Å². The first-order valence-corrected chi connectivity index (χ1v) is 6.85. The van der Waals surface area contributed by atoms with E-state index >= 15 is 0 Å². The van der Waals surface area contributed by atoms with Crippen LogP contribution in [-0.2, 0) is 6.61 Å². The highest BCUT2D eigenvalue weighted by Crippen LogP contribution is 2.25. The standard InChI is InChI=1S/C15H12INO/c16-13-7-4-8-14-12(13)9-15(17-14)18-10-11-5-2-1-3-6-11/h1-9,17H,10H2. The summed E-state index contributed by atoms with van der Waals surface area (Å²) in [5.74, 6) is 0.818. The van der Waals surface area contributed by atoms with Crippen molar-refractivity contribution in [3.05, 3.63) is 63.7 Å². The number of H-pyrrole nitrogens is 1. The molecule has 0 amide bonds. The number of fused-ring (bicyclic) bond motifs is 1. The molecule has 2 aromatic carbocycles. The Hall–Kier alpha value is -1.49. The number of benzene rings is 2. The molecule has 0 saturated heterocycles. The summed E-state index contributed by atoms with van der Waals surface area (Å²) in [6.45, 7) is 0.588. The molecule has 0 unspecified atom stereocenters. The average Bonchev–Trinajstić information content (AvgIpc) is 2.82. The summed E-state index contributed by atoms with van der Waals surface area (Å²) in [5.41, 5.74) is 2.29. The maximum Gasteiger partial charge on any atom is 0.192 e. The molecule has 90 valence electrons. The predicted octanol–water partition coefficient (Wildman–Crippen LogP) is 4.35. The second-order valence-electron chi connectivity index (χ2n) is 4.11. The molecule has 0 spiro atoms. The number of hydrogen-bond donors (Lipinski definition) is 1. The molecule has 0 radical (unpaired) electrons. The van der Waals surface area contributed by atoms with Gasteiger partial charge in [-0.25, -0.2) is 0 Å². The van der Waals surface area contributed by atoms with Crippen molar-refractivity contribution in [3.8, 4) is 5.88 Å². The number of nitrogens with one attached hydrogen (secondary N) is 1. The van der Waals surface area contributed by atoms with Gasteiger partial charge in [0.15, 0.2) is 5.88 Å². The van der Waals surface area contributed by atoms with Crippen molar-refractivity contribution in [2.45, 2.75) is 6.61 Å². The highest BCUT2D eigenvalue weighted by molar-refractivity contribution is 14.1. The molecule has 3 rings (SSSR count). The fourth-order valence-corrected chi connectivity index (χ4v) is 2.56. The maximum absolute atomic E-state index is 5.77. The van der Waals surface area contributed by atoms with Gasteiger partial charge in [0.05, 0.1) is 0 Å². The van der Waals surface area contributed by atoms with Gasteiger partial charge in [-0.2, -0.15) is 0 Å². The van der Waals surface area contributed by atoms with Crippen LogP contribution in [0.2, 0.25) is 0 Å². The van der Waals surface area contributed by atoms with E-state index in [0.717, 1.165) is 11.4 Å². The van der Waals surface area contributed by atoms with Gasteiger partial charge >= 0.3 is 0 Å². The molecule has 0 aliphatic heterocycles. The second kappa shape index (κ2) is 5.02. The number of hydrogen-bond acceptors (Lipinski definition) is 1. The van der Waals surface area contributed by atoms with Gasteiger partial charge in [0.2, 0.25) is 0 Å². The van der Waals surface area contributed by atoms with E-state index in [4.69, 9.17) is 4.74 Å². The van der Waals surface area contributed by atoms with Crippen LogP contribution in [-0.4, -0.2) is 4.98 Å². The molecule has 0 atom stereocenters. The van der Waals surface area contributed by atoms with Crippen LogP contribution in [0.15, 0.2) is 54.6 Å². The third-order valence-corrected chi connectivity index (χ3v) is 3.76. The van der Waals surface area contributed by atoms with Crippen LogP contribution in [0.1, 0.15) is 5.56 Å². The van der Waals surface area contributed by atoms with Gasteiger partial charge in [-0.15, -0.1) is 0 Å². The monoisotopic (exact) mass is 349 g/mol. The molecule has 0 aliphatic rings. The van der Waals surface area contributed by atoms with Gasteiger partial charge in [-0.1, -0.05) is 36.4 Å². The summed E-state index contributed by atoms with van der Waals surface area (Å²) in [4.78, 5) is 3.28. The SMILES string of the molecule is Ic1cccc2[nH]c(OCc3ccccc3)cc12. The Labute approximate surface area is 119 Å². The van der Waals surface area contributed by atoms with E-state index in [9.17, 15) is 0 Å². The van der Waals surface area contributed by atoms with Gasteiger partial charge in [-0.05, 0) is 40.3 Å². The van der Waals surface area contributed by atoms with Crippen LogP contribution < -0.4 is 4.74 Å². The Morgan fingerprint density at radius 2 is 1.83 bits per heavy atom. The number of rotatable bonds is 3. The molecule has 3 aromatic rings. The largest absolute Gasteiger partial charge is 0.474 e. The minimum atomic E-state index is 0.588. The summed E-state index contributed by atoms with van der Waals surface area (Å²) in [5, 5.41) is 1.21. The summed E-state index contributed by atoms with van der Waals surface area (Å²) in [7, 11) is 0. The zero-order valence-electron chi connectivity index (χ0n) is 9.69. The van der Waals surface area contributed by atoms with Crippen molar-refractivity contribution in [3.63, 3.8) is 0 Å². The van der Waals surface area contributed by atoms with Gasteiger partial charge in [0.25, 0.3) is 0 Å². The van der Waals surface area contributed by atoms with Crippen molar-refractivity contribution in [2.24, 2.45) is 0 Å².